The van der Waals surface area contributed by atoms with E-state index in [1.807, 2.05) is 23.6 Å². The van der Waals surface area contributed by atoms with Crippen LogP contribution in [-0.4, -0.2) is 55.8 Å². The first-order chi connectivity index (χ1) is 10.7. The molecule has 4 heterocycles. The fourth-order valence-electron chi connectivity index (χ4n) is 2.74. The van der Waals surface area contributed by atoms with Crippen LogP contribution < -0.4 is 4.90 Å². The number of anilines is 1. The van der Waals surface area contributed by atoms with Gasteiger partial charge in [0.2, 0.25) is 5.65 Å². The SMILES string of the molecule is Cc1cc(CN(C)C2CN(c3nccn4cnnc34)C2)on1. The molecule has 0 amide bonds. The first-order valence-electron chi connectivity index (χ1n) is 7.22. The Morgan fingerprint density at radius 1 is 1.41 bits per heavy atom. The van der Waals surface area contributed by atoms with Gasteiger partial charge in [0, 0.05) is 37.6 Å². The lowest BCUT2D eigenvalue weighted by Crippen LogP contribution is -2.58. The average molecular weight is 299 g/mol. The standard InChI is InChI=1S/C14H17N7O/c1-10-5-12(22-18-10)8-19(2)11-6-21(7-11)13-14-17-16-9-20(14)4-3-15-13/h3-5,9,11H,6-8H2,1-2H3. The highest BCUT2D eigenvalue weighted by atomic mass is 16.5. The third-order valence-electron chi connectivity index (χ3n) is 4.06. The molecule has 0 unspecified atom stereocenters. The van der Waals surface area contributed by atoms with E-state index >= 15 is 0 Å². The van der Waals surface area contributed by atoms with Crippen LogP contribution in [0.4, 0.5) is 5.82 Å². The second kappa shape index (κ2) is 5.06. The molecule has 4 rings (SSSR count). The van der Waals surface area contributed by atoms with E-state index in [2.05, 4.69) is 37.2 Å². The molecule has 114 valence electrons. The van der Waals surface area contributed by atoms with Crippen LogP contribution in [0.1, 0.15) is 11.5 Å². The van der Waals surface area contributed by atoms with Crippen molar-refractivity contribution in [2.75, 3.05) is 25.0 Å². The molecule has 1 saturated heterocycles. The van der Waals surface area contributed by atoms with Gasteiger partial charge in [0.15, 0.2) is 11.6 Å². The Balaban J connectivity index is 1.42. The smallest absolute Gasteiger partial charge is 0.203 e. The first-order valence-corrected chi connectivity index (χ1v) is 7.22. The van der Waals surface area contributed by atoms with Crippen LogP contribution >= 0.6 is 0 Å². The molecule has 0 aromatic carbocycles. The Labute approximate surface area is 127 Å². The van der Waals surface area contributed by atoms with Crippen LogP contribution in [0, 0.1) is 6.92 Å². The maximum Gasteiger partial charge on any atom is 0.203 e. The van der Waals surface area contributed by atoms with Crippen LogP contribution in [0.15, 0.2) is 29.3 Å². The second-order valence-electron chi connectivity index (χ2n) is 5.72. The van der Waals surface area contributed by atoms with E-state index in [4.69, 9.17) is 4.52 Å². The molecular weight excluding hydrogens is 282 g/mol. The number of aryl methyl sites for hydroxylation is 1. The number of aromatic nitrogens is 5. The van der Waals surface area contributed by atoms with E-state index < -0.39 is 0 Å². The second-order valence-corrected chi connectivity index (χ2v) is 5.72. The van der Waals surface area contributed by atoms with Gasteiger partial charge in [-0.15, -0.1) is 10.2 Å². The van der Waals surface area contributed by atoms with Gasteiger partial charge in [0.25, 0.3) is 0 Å². The number of hydrogen-bond donors (Lipinski definition) is 0. The molecule has 0 radical (unpaired) electrons. The average Bonchev–Trinajstić information content (AvgIpc) is 3.06. The van der Waals surface area contributed by atoms with Gasteiger partial charge < -0.3 is 9.42 Å². The van der Waals surface area contributed by atoms with Crippen molar-refractivity contribution >= 4 is 11.5 Å². The van der Waals surface area contributed by atoms with Crippen molar-refractivity contribution in [1.82, 2.24) is 29.6 Å². The fraction of sp³-hybridized carbons (Fsp3) is 0.429. The number of hydrogen-bond acceptors (Lipinski definition) is 7. The van der Waals surface area contributed by atoms with E-state index in [9.17, 15) is 0 Å². The molecule has 0 atom stereocenters. The molecule has 8 nitrogen and oxygen atoms in total. The van der Waals surface area contributed by atoms with E-state index in [1.165, 1.54) is 0 Å². The highest BCUT2D eigenvalue weighted by Gasteiger charge is 2.32. The normalized spacial score (nSPS) is 15.7. The molecule has 3 aromatic heterocycles. The third kappa shape index (κ3) is 2.21. The Morgan fingerprint density at radius 2 is 2.27 bits per heavy atom. The van der Waals surface area contributed by atoms with Crippen LogP contribution in [-0.2, 0) is 6.54 Å². The highest BCUT2D eigenvalue weighted by Crippen LogP contribution is 2.24. The van der Waals surface area contributed by atoms with Gasteiger partial charge in [-0.1, -0.05) is 5.16 Å². The summed E-state index contributed by atoms with van der Waals surface area (Å²) in [7, 11) is 2.10. The van der Waals surface area contributed by atoms with Crippen molar-refractivity contribution in [2.45, 2.75) is 19.5 Å². The summed E-state index contributed by atoms with van der Waals surface area (Å²) in [5.41, 5.74) is 1.72. The van der Waals surface area contributed by atoms with Gasteiger partial charge in [0.1, 0.15) is 6.33 Å². The molecule has 0 spiro atoms. The zero-order valence-corrected chi connectivity index (χ0v) is 12.5. The molecule has 0 saturated carbocycles. The topological polar surface area (TPSA) is 75.6 Å². The number of fused-ring (bicyclic) bond motifs is 1. The monoisotopic (exact) mass is 299 g/mol. The first kappa shape index (κ1) is 13.2. The van der Waals surface area contributed by atoms with E-state index in [-0.39, 0.29) is 0 Å². The lowest BCUT2D eigenvalue weighted by Gasteiger charge is -2.44. The molecule has 0 bridgehead atoms. The molecular formula is C14H17N7O. The summed E-state index contributed by atoms with van der Waals surface area (Å²) in [6, 6.07) is 2.45. The zero-order valence-electron chi connectivity index (χ0n) is 12.5. The lowest BCUT2D eigenvalue weighted by atomic mass is 10.1. The zero-order chi connectivity index (χ0) is 15.1. The predicted molar refractivity (Wildman–Crippen MR) is 79.5 cm³/mol. The Bertz CT molecular complexity index is 789. The van der Waals surface area contributed by atoms with Crippen molar-refractivity contribution < 1.29 is 4.52 Å². The van der Waals surface area contributed by atoms with Gasteiger partial charge >= 0.3 is 0 Å². The molecule has 3 aromatic rings. The summed E-state index contributed by atoms with van der Waals surface area (Å²) in [5, 5.41) is 12.0. The van der Waals surface area contributed by atoms with Crippen molar-refractivity contribution in [3.05, 3.63) is 36.2 Å². The quantitative estimate of drug-likeness (QED) is 0.703. The van der Waals surface area contributed by atoms with E-state index in [0.717, 1.165) is 42.6 Å². The minimum Gasteiger partial charge on any atom is -0.360 e. The summed E-state index contributed by atoms with van der Waals surface area (Å²) >= 11 is 0. The summed E-state index contributed by atoms with van der Waals surface area (Å²) in [4.78, 5) is 8.94. The Kier molecular flexibility index (Phi) is 3.04. The van der Waals surface area contributed by atoms with Crippen LogP contribution in [0.5, 0.6) is 0 Å². The predicted octanol–water partition coefficient (Wildman–Crippen LogP) is 0.741. The highest BCUT2D eigenvalue weighted by molar-refractivity contribution is 5.64. The fourth-order valence-corrected chi connectivity index (χ4v) is 2.74. The molecule has 1 aliphatic rings. The lowest BCUT2D eigenvalue weighted by molar-refractivity contribution is 0.177. The van der Waals surface area contributed by atoms with E-state index in [1.54, 1.807) is 12.5 Å². The molecule has 8 heteroatoms. The van der Waals surface area contributed by atoms with Gasteiger partial charge in [-0.05, 0) is 14.0 Å². The van der Waals surface area contributed by atoms with Crippen molar-refractivity contribution in [3.8, 4) is 0 Å². The third-order valence-corrected chi connectivity index (χ3v) is 4.06. The van der Waals surface area contributed by atoms with Gasteiger partial charge in [0.05, 0.1) is 12.2 Å². The molecule has 1 aliphatic heterocycles. The van der Waals surface area contributed by atoms with E-state index in [0.29, 0.717) is 6.04 Å². The van der Waals surface area contributed by atoms with Crippen molar-refractivity contribution in [1.29, 1.82) is 0 Å². The van der Waals surface area contributed by atoms with Gasteiger partial charge in [-0.3, -0.25) is 9.30 Å². The minimum absolute atomic E-state index is 0.468. The van der Waals surface area contributed by atoms with Crippen molar-refractivity contribution in [3.63, 3.8) is 0 Å². The number of nitrogens with zero attached hydrogens (tertiary/aromatic N) is 7. The summed E-state index contributed by atoms with van der Waals surface area (Å²) in [5.74, 6) is 1.79. The molecule has 0 N–H and O–H groups in total. The molecule has 1 fully saturated rings. The van der Waals surface area contributed by atoms with Crippen LogP contribution in [0.25, 0.3) is 5.65 Å². The molecule has 0 aliphatic carbocycles. The molecule has 22 heavy (non-hydrogen) atoms. The maximum atomic E-state index is 5.27. The number of likely N-dealkylation sites (N-methyl/N-ethyl adjacent to an activating group) is 1. The van der Waals surface area contributed by atoms with Crippen LogP contribution in [0.2, 0.25) is 0 Å². The maximum absolute atomic E-state index is 5.27. The van der Waals surface area contributed by atoms with Gasteiger partial charge in [-0.25, -0.2) is 4.98 Å². The van der Waals surface area contributed by atoms with Crippen LogP contribution in [0.3, 0.4) is 0 Å². The van der Waals surface area contributed by atoms with Crippen molar-refractivity contribution in [2.24, 2.45) is 0 Å². The summed E-state index contributed by atoms with van der Waals surface area (Å²) in [6.07, 6.45) is 5.32. The van der Waals surface area contributed by atoms with Gasteiger partial charge in [-0.2, -0.15) is 0 Å². The summed E-state index contributed by atoms with van der Waals surface area (Å²) in [6.45, 7) is 4.54. The Hall–Kier alpha value is -2.48. The Morgan fingerprint density at radius 3 is 3.05 bits per heavy atom. The summed E-state index contributed by atoms with van der Waals surface area (Å²) < 4.78 is 7.16. The number of rotatable bonds is 4. The minimum atomic E-state index is 0.468. The largest absolute Gasteiger partial charge is 0.360 e.